The van der Waals surface area contributed by atoms with E-state index in [-0.39, 0.29) is 18.3 Å². The van der Waals surface area contributed by atoms with E-state index in [2.05, 4.69) is 15.5 Å². The number of aryl methyl sites for hydroxylation is 1. The highest BCUT2D eigenvalue weighted by Gasteiger charge is 2.49. The summed E-state index contributed by atoms with van der Waals surface area (Å²) in [6.07, 6.45) is 0. The van der Waals surface area contributed by atoms with Gasteiger partial charge in [-0.2, -0.15) is 11.3 Å². The molecule has 1 fully saturated rings. The molecule has 0 unspecified atom stereocenters. The van der Waals surface area contributed by atoms with Crippen molar-refractivity contribution in [3.05, 3.63) is 34.2 Å². The number of hydrogen-bond donors (Lipinski definition) is 1. The molecule has 3 heterocycles. The van der Waals surface area contributed by atoms with E-state index in [1.807, 2.05) is 16.8 Å². The van der Waals surface area contributed by atoms with Gasteiger partial charge < -0.3 is 9.73 Å². The van der Waals surface area contributed by atoms with Gasteiger partial charge in [0.15, 0.2) is 0 Å². The molecule has 1 N–H and O–H groups in total. The van der Waals surface area contributed by atoms with Crippen LogP contribution in [0.1, 0.15) is 24.3 Å². The van der Waals surface area contributed by atoms with Crippen molar-refractivity contribution in [2.75, 3.05) is 0 Å². The molecule has 7 nitrogen and oxygen atoms in total. The summed E-state index contributed by atoms with van der Waals surface area (Å²) >= 11 is 1.47. The van der Waals surface area contributed by atoms with Crippen LogP contribution in [0, 0.1) is 6.92 Å². The van der Waals surface area contributed by atoms with Crippen LogP contribution in [0.4, 0.5) is 4.79 Å². The zero-order valence-electron chi connectivity index (χ0n) is 10.9. The van der Waals surface area contributed by atoms with E-state index in [1.54, 1.807) is 13.8 Å². The van der Waals surface area contributed by atoms with Gasteiger partial charge in [0.25, 0.3) is 5.91 Å². The fourth-order valence-corrected chi connectivity index (χ4v) is 2.89. The minimum Gasteiger partial charge on any atom is -0.424 e. The summed E-state index contributed by atoms with van der Waals surface area (Å²) in [6.45, 7) is 3.32. The fourth-order valence-electron chi connectivity index (χ4n) is 2.12. The molecule has 1 saturated heterocycles. The first-order valence-electron chi connectivity index (χ1n) is 5.96. The lowest BCUT2D eigenvalue weighted by Crippen LogP contribution is -2.40. The summed E-state index contributed by atoms with van der Waals surface area (Å²) in [7, 11) is 0. The molecule has 0 spiro atoms. The third-order valence-corrected chi connectivity index (χ3v) is 3.92. The Kier molecular flexibility index (Phi) is 2.82. The minimum atomic E-state index is -1.04. The largest absolute Gasteiger partial charge is 0.424 e. The third-order valence-electron chi connectivity index (χ3n) is 3.23. The van der Waals surface area contributed by atoms with Crippen molar-refractivity contribution < 1.29 is 14.0 Å². The molecule has 1 aliphatic heterocycles. The Morgan fingerprint density at radius 1 is 1.45 bits per heavy atom. The molecule has 1 aliphatic rings. The molecular formula is C12H12N4O3S. The number of thiophene rings is 1. The molecule has 3 rings (SSSR count). The molecule has 1 atom stereocenters. The van der Waals surface area contributed by atoms with Crippen molar-refractivity contribution in [3.63, 3.8) is 0 Å². The van der Waals surface area contributed by atoms with Crippen molar-refractivity contribution in [2.45, 2.75) is 25.9 Å². The van der Waals surface area contributed by atoms with E-state index >= 15 is 0 Å². The number of rotatable bonds is 3. The van der Waals surface area contributed by atoms with Gasteiger partial charge in [-0.3, -0.25) is 9.69 Å². The van der Waals surface area contributed by atoms with Crippen LogP contribution in [0.15, 0.2) is 21.2 Å². The zero-order chi connectivity index (χ0) is 14.3. The van der Waals surface area contributed by atoms with Gasteiger partial charge in [-0.05, 0) is 29.3 Å². The van der Waals surface area contributed by atoms with E-state index in [0.29, 0.717) is 5.89 Å². The van der Waals surface area contributed by atoms with Gasteiger partial charge in [-0.15, -0.1) is 10.2 Å². The van der Waals surface area contributed by atoms with Crippen molar-refractivity contribution >= 4 is 23.3 Å². The standard InChI is InChI=1S/C12H12N4O3S/c1-7-14-15-9(19-7)5-16-10(17)12(2,13-11(16)18)8-3-4-20-6-8/h3-4,6H,5H2,1-2H3,(H,13,18)/t12-/m0/s1. The first-order chi connectivity index (χ1) is 9.50. The van der Waals surface area contributed by atoms with E-state index in [4.69, 9.17) is 4.42 Å². The second-order valence-electron chi connectivity index (χ2n) is 4.67. The number of aromatic nitrogens is 2. The number of imide groups is 1. The molecule has 0 radical (unpaired) electrons. The van der Waals surface area contributed by atoms with Gasteiger partial charge in [0, 0.05) is 6.92 Å². The number of carbonyl (C=O) groups is 2. The summed E-state index contributed by atoms with van der Waals surface area (Å²) in [6, 6.07) is 1.36. The second kappa shape index (κ2) is 4.41. The number of amides is 3. The van der Waals surface area contributed by atoms with Crippen LogP contribution < -0.4 is 5.32 Å². The minimum absolute atomic E-state index is 0.0226. The number of nitrogens with zero attached hydrogens (tertiary/aromatic N) is 3. The molecule has 3 amide bonds. The molecule has 2 aromatic rings. The second-order valence-corrected chi connectivity index (χ2v) is 5.45. The lowest BCUT2D eigenvalue weighted by molar-refractivity contribution is -0.131. The van der Waals surface area contributed by atoms with Crippen LogP contribution >= 0.6 is 11.3 Å². The lowest BCUT2D eigenvalue weighted by atomic mass is 9.95. The normalized spacial score (nSPS) is 22.4. The van der Waals surface area contributed by atoms with Gasteiger partial charge in [0.1, 0.15) is 12.1 Å². The Hall–Kier alpha value is -2.22. The van der Waals surface area contributed by atoms with Crippen molar-refractivity contribution in [1.29, 1.82) is 0 Å². The Labute approximate surface area is 118 Å². The van der Waals surface area contributed by atoms with Crippen LogP contribution in [0.5, 0.6) is 0 Å². The van der Waals surface area contributed by atoms with E-state index in [1.165, 1.54) is 11.3 Å². The van der Waals surface area contributed by atoms with Crippen molar-refractivity contribution in [2.24, 2.45) is 0 Å². The molecule has 0 bridgehead atoms. The van der Waals surface area contributed by atoms with Crippen LogP contribution in [0.25, 0.3) is 0 Å². The summed E-state index contributed by atoms with van der Waals surface area (Å²) in [5.41, 5.74) is -0.267. The monoisotopic (exact) mass is 292 g/mol. The molecule has 0 aliphatic carbocycles. The molecule has 0 aromatic carbocycles. The lowest BCUT2D eigenvalue weighted by Gasteiger charge is -2.20. The van der Waals surface area contributed by atoms with E-state index in [9.17, 15) is 9.59 Å². The molecule has 2 aromatic heterocycles. The maximum atomic E-state index is 12.5. The van der Waals surface area contributed by atoms with Gasteiger partial charge in [-0.25, -0.2) is 4.79 Å². The van der Waals surface area contributed by atoms with Crippen LogP contribution in [-0.2, 0) is 16.9 Å². The fraction of sp³-hybridized carbons (Fsp3) is 0.333. The third kappa shape index (κ3) is 1.88. The maximum Gasteiger partial charge on any atom is 0.325 e. The average molecular weight is 292 g/mol. The van der Waals surface area contributed by atoms with Gasteiger partial charge >= 0.3 is 6.03 Å². The first kappa shape index (κ1) is 12.8. The molecular weight excluding hydrogens is 280 g/mol. The first-order valence-corrected chi connectivity index (χ1v) is 6.91. The topological polar surface area (TPSA) is 88.3 Å². The van der Waals surface area contributed by atoms with Crippen LogP contribution in [-0.4, -0.2) is 27.0 Å². The predicted molar refractivity (Wildman–Crippen MR) is 69.8 cm³/mol. The highest BCUT2D eigenvalue weighted by atomic mass is 32.1. The zero-order valence-corrected chi connectivity index (χ0v) is 11.7. The van der Waals surface area contributed by atoms with E-state index in [0.717, 1.165) is 10.5 Å². The molecule has 8 heteroatoms. The smallest absolute Gasteiger partial charge is 0.325 e. The highest BCUT2D eigenvalue weighted by Crippen LogP contribution is 2.30. The van der Waals surface area contributed by atoms with E-state index < -0.39 is 11.6 Å². The SMILES string of the molecule is Cc1nnc(CN2C(=O)N[C@@](C)(c3ccsc3)C2=O)o1. The van der Waals surface area contributed by atoms with Crippen LogP contribution in [0.3, 0.4) is 0 Å². The van der Waals surface area contributed by atoms with Gasteiger partial charge in [0.2, 0.25) is 11.8 Å². The quantitative estimate of drug-likeness (QED) is 0.864. The number of urea groups is 1. The maximum absolute atomic E-state index is 12.5. The summed E-state index contributed by atoms with van der Waals surface area (Å²) < 4.78 is 5.21. The molecule has 20 heavy (non-hydrogen) atoms. The summed E-state index contributed by atoms with van der Waals surface area (Å²) in [4.78, 5) is 25.6. The Balaban J connectivity index is 1.87. The number of carbonyl (C=O) groups excluding carboxylic acids is 2. The molecule has 104 valence electrons. The highest BCUT2D eigenvalue weighted by molar-refractivity contribution is 7.08. The summed E-state index contributed by atoms with van der Waals surface area (Å²) in [5.74, 6) is 0.310. The van der Waals surface area contributed by atoms with Crippen molar-refractivity contribution in [1.82, 2.24) is 20.4 Å². The summed E-state index contributed by atoms with van der Waals surface area (Å²) in [5, 5.41) is 13.9. The van der Waals surface area contributed by atoms with Crippen molar-refractivity contribution in [3.8, 4) is 0 Å². The Morgan fingerprint density at radius 3 is 2.85 bits per heavy atom. The Morgan fingerprint density at radius 2 is 2.25 bits per heavy atom. The number of nitrogens with one attached hydrogen (secondary N) is 1. The Bertz CT molecular complexity index is 666. The average Bonchev–Trinajstić information content (AvgIpc) is 3.09. The van der Waals surface area contributed by atoms with Crippen LogP contribution in [0.2, 0.25) is 0 Å². The van der Waals surface area contributed by atoms with Gasteiger partial charge in [0.05, 0.1) is 0 Å². The molecule has 0 saturated carbocycles. The number of hydrogen-bond acceptors (Lipinski definition) is 6. The predicted octanol–water partition coefficient (Wildman–Crippen LogP) is 1.41. The van der Waals surface area contributed by atoms with Gasteiger partial charge in [-0.1, -0.05) is 0 Å².